The molecule has 0 saturated heterocycles. The predicted octanol–water partition coefficient (Wildman–Crippen LogP) is 1.84. The van der Waals surface area contributed by atoms with Crippen LogP contribution >= 0.6 is 11.6 Å². The molecule has 1 rings (SSSR count). The maximum absolute atomic E-state index is 12.2. The van der Waals surface area contributed by atoms with Crippen LogP contribution in [0.2, 0.25) is 5.02 Å². The smallest absolute Gasteiger partial charge is 0.240 e. The van der Waals surface area contributed by atoms with E-state index in [2.05, 4.69) is 41.1 Å². The Morgan fingerprint density at radius 1 is 1.27 bits per heavy atom. The number of sulfonamides is 1. The van der Waals surface area contributed by atoms with Crippen LogP contribution in [-0.4, -0.2) is 54.3 Å². The molecule has 3 N–H and O–H groups in total. The van der Waals surface area contributed by atoms with Crippen LogP contribution in [0.4, 0.5) is 0 Å². The number of hydrogen-bond donors (Lipinski definition) is 3. The molecule has 26 heavy (non-hydrogen) atoms. The first kappa shape index (κ1) is 22.7. The molecular weight excluding hydrogens is 376 g/mol. The zero-order chi connectivity index (χ0) is 19.8. The Hall–Kier alpha value is -1.35. The summed E-state index contributed by atoms with van der Waals surface area (Å²) >= 11 is 5.84. The minimum Gasteiger partial charge on any atom is -0.379 e. The summed E-state index contributed by atoms with van der Waals surface area (Å²) in [6, 6.07) is 6.14. The number of hydrogen-bond acceptors (Lipinski definition) is 4. The van der Waals surface area contributed by atoms with E-state index in [4.69, 9.17) is 16.3 Å². The van der Waals surface area contributed by atoms with Gasteiger partial charge < -0.3 is 15.4 Å². The highest BCUT2D eigenvalue weighted by Gasteiger charge is 2.24. The Bertz CT molecular complexity index is 702. The van der Waals surface area contributed by atoms with Gasteiger partial charge >= 0.3 is 0 Å². The summed E-state index contributed by atoms with van der Waals surface area (Å²) in [5, 5.41) is 6.63. The molecule has 1 aromatic carbocycles. The summed E-state index contributed by atoms with van der Waals surface area (Å²) < 4.78 is 32.4. The van der Waals surface area contributed by atoms with Crippen LogP contribution in [0.15, 0.2) is 34.2 Å². The lowest BCUT2D eigenvalue weighted by Gasteiger charge is -2.30. The number of aliphatic imine (C=N–C) groups is 1. The first-order valence-electron chi connectivity index (χ1n) is 8.32. The number of halogens is 1. The van der Waals surface area contributed by atoms with Crippen molar-refractivity contribution in [3.8, 4) is 0 Å². The number of benzene rings is 1. The second-order valence-corrected chi connectivity index (χ2v) is 9.03. The zero-order valence-corrected chi connectivity index (χ0v) is 17.5. The van der Waals surface area contributed by atoms with Gasteiger partial charge in [0.1, 0.15) is 0 Å². The molecule has 0 aliphatic rings. The van der Waals surface area contributed by atoms with Crippen LogP contribution in [0.3, 0.4) is 0 Å². The fourth-order valence-corrected chi connectivity index (χ4v) is 3.57. The molecule has 1 aromatic rings. The Morgan fingerprint density at radius 2 is 1.96 bits per heavy atom. The van der Waals surface area contributed by atoms with Gasteiger partial charge in [-0.25, -0.2) is 13.1 Å². The van der Waals surface area contributed by atoms with Gasteiger partial charge in [-0.2, -0.15) is 0 Å². The van der Waals surface area contributed by atoms with Crippen molar-refractivity contribution in [2.24, 2.45) is 10.4 Å². The fraction of sp³-hybridized carbons (Fsp3) is 0.588. The third-order valence-electron chi connectivity index (χ3n) is 3.74. The maximum atomic E-state index is 12.2. The lowest BCUT2D eigenvalue weighted by molar-refractivity contribution is 0.0205. The molecule has 0 aliphatic heterocycles. The largest absolute Gasteiger partial charge is 0.379 e. The number of guanidine groups is 1. The minimum absolute atomic E-state index is 0.00675. The summed E-state index contributed by atoms with van der Waals surface area (Å²) in [4.78, 5) is 4.26. The molecule has 0 amide bonds. The van der Waals surface area contributed by atoms with E-state index >= 15 is 0 Å². The fourth-order valence-electron chi connectivity index (χ4n) is 2.24. The van der Waals surface area contributed by atoms with Gasteiger partial charge in [0, 0.05) is 38.8 Å². The monoisotopic (exact) mass is 404 g/mol. The average Bonchev–Trinajstić information content (AvgIpc) is 2.56. The number of ether oxygens (including phenoxy) is 1. The van der Waals surface area contributed by atoms with E-state index < -0.39 is 10.0 Å². The molecule has 0 bridgehead atoms. The molecule has 0 aliphatic carbocycles. The zero-order valence-electron chi connectivity index (χ0n) is 16.0. The summed E-state index contributed by atoms with van der Waals surface area (Å²) in [6.45, 7) is 7.49. The third-order valence-corrected chi connectivity index (χ3v) is 5.44. The van der Waals surface area contributed by atoms with E-state index in [-0.39, 0.29) is 23.0 Å². The van der Waals surface area contributed by atoms with E-state index in [1.807, 2.05) is 0 Å². The van der Waals surface area contributed by atoms with Crippen molar-refractivity contribution in [1.82, 2.24) is 15.4 Å². The topological polar surface area (TPSA) is 91.8 Å². The quantitative estimate of drug-likeness (QED) is 0.349. The first-order chi connectivity index (χ1) is 12.1. The van der Waals surface area contributed by atoms with Gasteiger partial charge in [-0.15, -0.1) is 0 Å². The van der Waals surface area contributed by atoms with Crippen molar-refractivity contribution in [1.29, 1.82) is 0 Å². The van der Waals surface area contributed by atoms with Crippen LogP contribution in [0.1, 0.15) is 20.8 Å². The minimum atomic E-state index is -3.59. The maximum Gasteiger partial charge on any atom is 0.240 e. The number of nitrogens with one attached hydrogen (secondary N) is 3. The second-order valence-electron chi connectivity index (χ2n) is 6.83. The van der Waals surface area contributed by atoms with Crippen molar-refractivity contribution in [3.63, 3.8) is 0 Å². The molecule has 0 saturated carbocycles. The number of nitrogens with zero attached hydrogens (tertiary/aromatic N) is 1. The summed E-state index contributed by atoms with van der Waals surface area (Å²) in [6.07, 6.45) is 0.0161. The Labute approximate surface area is 161 Å². The van der Waals surface area contributed by atoms with Gasteiger partial charge in [-0.05, 0) is 23.6 Å². The van der Waals surface area contributed by atoms with Crippen LogP contribution in [-0.2, 0) is 14.8 Å². The Kier molecular flexibility index (Phi) is 8.82. The molecule has 1 unspecified atom stereocenters. The molecule has 1 atom stereocenters. The molecule has 0 spiro atoms. The van der Waals surface area contributed by atoms with Gasteiger partial charge in [-0.3, -0.25) is 4.99 Å². The van der Waals surface area contributed by atoms with E-state index in [9.17, 15) is 8.42 Å². The van der Waals surface area contributed by atoms with Gasteiger partial charge in [-0.1, -0.05) is 38.4 Å². The molecule has 0 heterocycles. The highest BCUT2D eigenvalue weighted by Crippen LogP contribution is 2.20. The van der Waals surface area contributed by atoms with Gasteiger partial charge in [0.2, 0.25) is 10.0 Å². The molecule has 0 radical (unpaired) electrons. The SMILES string of the molecule is CN=C(NCCNS(=O)(=O)c1cccc(Cl)c1)NCC(OC)C(C)(C)C. The molecule has 0 aromatic heterocycles. The number of methoxy groups -OCH3 is 1. The molecule has 9 heteroatoms. The van der Waals surface area contributed by atoms with Crippen LogP contribution in [0, 0.1) is 5.41 Å². The van der Waals surface area contributed by atoms with Gasteiger partial charge in [0.15, 0.2) is 5.96 Å². The van der Waals surface area contributed by atoms with Crippen molar-refractivity contribution >= 4 is 27.6 Å². The number of rotatable bonds is 8. The van der Waals surface area contributed by atoms with Crippen LogP contribution in [0.5, 0.6) is 0 Å². The van der Waals surface area contributed by atoms with E-state index in [0.717, 1.165) is 0 Å². The van der Waals surface area contributed by atoms with Gasteiger partial charge in [0.05, 0.1) is 11.0 Å². The highest BCUT2D eigenvalue weighted by molar-refractivity contribution is 7.89. The highest BCUT2D eigenvalue weighted by atomic mass is 35.5. The van der Waals surface area contributed by atoms with Crippen molar-refractivity contribution in [2.45, 2.75) is 31.8 Å². The molecular formula is C17H29ClN4O3S. The van der Waals surface area contributed by atoms with Crippen LogP contribution in [0.25, 0.3) is 0 Å². The lowest BCUT2D eigenvalue weighted by atomic mass is 9.89. The second kappa shape index (κ2) is 10.1. The predicted molar refractivity (Wildman–Crippen MR) is 106 cm³/mol. The van der Waals surface area contributed by atoms with Crippen LogP contribution < -0.4 is 15.4 Å². The normalized spacial score (nSPS) is 14.2. The summed E-state index contributed by atoms with van der Waals surface area (Å²) in [5.74, 6) is 0.582. The molecule has 0 fully saturated rings. The van der Waals surface area contributed by atoms with Gasteiger partial charge in [0.25, 0.3) is 0 Å². The van der Waals surface area contributed by atoms with Crippen molar-refractivity contribution < 1.29 is 13.2 Å². The average molecular weight is 405 g/mol. The summed E-state index contributed by atoms with van der Waals surface area (Å²) in [7, 11) is -0.255. The van der Waals surface area contributed by atoms with E-state index in [0.29, 0.717) is 24.1 Å². The lowest BCUT2D eigenvalue weighted by Crippen LogP contribution is -2.46. The first-order valence-corrected chi connectivity index (χ1v) is 10.2. The molecule has 148 valence electrons. The van der Waals surface area contributed by atoms with Crippen molar-refractivity contribution in [3.05, 3.63) is 29.3 Å². The molecule has 7 nitrogen and oxygen atoms in total. The standard InChI is InChI=1S/C17H29ClN4O3S/c1-17(2,3)15(25-5)12-21-16(19-4)20-9-10-22-26(23,24)14-8-6-7-13(18)11-14/h6-8,11,15,22H,9-10,12H2,1-5H3,(H2,19,20,21). The summed E-state index contributed by atoms with van der Waals surface area (Å²) in [5.41, 5.74) is -0.00675. The van der Waals surface area contributed by atoms with E-state index in [1.54, 1.807) is 26.3 Å². The Morgan fingerprint density at radius 3 is 2.50 bits per heavy atom. The Balaban J connectivity index is 2.46. The van der Waals surface area contributed by atoms with Crippen molar-refractivity contribution in [2.75, 3.05) is 33.8 Å². The van der Waals surface area contributed by atoms with E-state index in [1.165, 1.54) is 12.1 Å². The third kappa shape index (κ3) is 7.49.